The zero-order valence-electron chi connectivity index (χ0n) is 15.4. The molecule has 7 heteroatoms. The van der Waals surface area contributed by atoms with Crippen LogP contribution in [-0.2, 0) is 0 Å². The van der Waals surface area contributed by atoms with Gasteiger partial charge in [0, 0.05) is 49.1 Å². The minimum Gasteiger partial charge on any atom is -0.366 e. The predicted molar refractivity (Wildman–Crippen MR) is 105 cm³/mol. The number of hydrogen-bond donors (Lipinski definition) is 0. The first-order valence-electron chi connectivity index (χ1n) is 8.94. The average molecular weight is 384 g/mol. The molecule has 0 bridgehead atoms. The standard InChI is InChI=1S/C20H21FN4OS/c1-14-13-16(15(2)25(14)20-22-7-12-27-20)19(26)24-10-8-23(9-11-24)18-6-4-3-5-17(18)21/h3-7,12-13H,8-11H2,1-2H3. The van der Waals surface area contributed by atoms with Crippen molar-refractivity contribution in [2.45, 2.75) is 13.8 Å². The average Bonchev–Trinajstić information content (AvgIpc) is 3.29. The van der Waals surface area contributed by atoms with Crippen LogP contribution in [0.1, 0.15) is 21.7 Å². The zero-order valence-corrected chi connectivity index (χ0v) is 16.2. The Morgan fingerprint density at radius 1 is 1.15 bits per heavy atom. The number of hydrogen-bond acceptors (Lipinski definition) is 4. The maximum Gasteiger partial charge on any atom is 0.255 e. The molecule has 1 saturated heterocycles. The van der Waals surface area contributed by atoms with E-state index in [1.807, 2.05) is 45.7 Å². The molecule has 1 aliphatic rings. The van der Waals surface area contributed by atoms with E-state index in [0.29, 0.717) is 37.4 Å². The largest absolute Gasteiger partial charge is 0.366 e. The third kappa shape index (κ3) is 3.23. The van der Waals surface area contributed by atoms with Crippen LogP contribution in [0.15, 0.2) is 41.9 Å². The highest BCUT2D eigenvalue weighted by molar-refractivity contribution is 7.12. The van der Waals surface area contributed by atoms with Gasteiger partial charge < -0.3 is 9.80 Å². The summed E-state index contributed by atoms with van der Waals surface area (Å²) in [6.45, 7) is 6.34. The molecule has 0 saturated carbocycles. The maximum atomic E-state index is 14.0. The summed E-state index contributed by atoms with van der Waals surface area (Å²) in [6, 6.07) is 8.72. The maximum absolute atomic E-state index is 14.0. The molecule has 0 radical (unpaired) electrons. The van der Waals surface area contributed by atoms with Gasteiger partial charge in [-0.15, -0.1) is 11.3 Å². The number of para-hydroxylation sites is 1. The van der Waals surface area contributed by atoms with E-state index in [1.54, 1.807) is 29.7 Å². The second-order valence-electron chi connectivity index (χ2n) is 6.67. The van der Waals surface area contributed by atoms with Crippen LogP contribution in [0.5, 0.6) is 0 Å². The van der Waals surface area contributed by atoms with Gasteiger partial charge in [-0.05, 0) is 32.0 Å². The molecule has 0 N–H and O–H groups in total. The van der Waals surface area contributed by atoms with E-state index in [9.17, 15) is 9.18 Å². The molecule has 2 aromatic heterocycles. The molecule has 3 aromatic rings. The van der Waals surface area contributed by atoms with Gasteiger partial charge in [-0.3, -0.25) is 9.36 Å². The summed E-state index contributed by atoms with van der Waals surface area (Å²) in [5, 5.41) is 2.80. The molecule has 27 heavy (non-hydrogen) atoms. The number of aryl methyl sites for hydroxylation is 1. The third-order valence-electron chi connectivity index (χ3n) is 5.03. The smallest absolute Gasteiger partial charge is 0.255 e. The number of amides is 1. The van der Waals surface area contributed by atoms with Crippen molar-refractivity contribution >= 4 is 22.9 Å². The van der Waals surface area contributed by atoms with E-state index >= 15 is 0 Å². The fourth-order valence-corrected chi connectivity index (χ4v) is 4.38. The molecule has 1 fully saturated rings. The SMILES string of the molecule is Cc1cc(C(=O)N2CCN(c3ccccc3F)CC2)c(C)n1-c1nccs1. The summed E-state index contributed by atoms with van der Waals surface area (Å²) in [7, 11) is 0. The minimum atomic E-state index is -0.218. The third-order valence-corrected chi connectivity index (χ3v) is 5.79. The van der Waals surface area contributed by atoms with E-state index in [1.165, 1.54) is 6.07 Å². The first kappa shape index (κ1) is 17.7. The van der Waals surface area contributed by atoms with Crippen LogP contribution in [0.2, 0.25) is 0 Å². The van der Waals surface area contributed by atoms with E-state index in [0.717, 1.165) is 16.5 Å². The lowest BCUT2D eigenvalue weighted by Gasteiger charge is -2.36. The molecule has 3 heterocycles. The Morgan fingerprint density at radius 3 is 2.56 bits per heavy atom. The fourth-order valence-electron chi connectivity index (χ4n) is 3.63. The van der Waals surface area contributed by atoms with Crippen LogP contribution in [0.4, 0.5) is 10.1 Å². The molecule has 140 valence electrons. The Bertz CT molecular complexity index is 959. The van der Waals surface area contributed by atoms with Gasteiger partial charge in [-0.25, -0.2) is 9.37 Å². The normalized spacial score (nSPS) is 14.6. The number of carbonyl (C=O) groups is 1. The van der Waals surface area contributed by atoms with Crippen molar-refractivity contribution in [3.63, 3.8) is 0 Å². The summed E-state index contributed by atoms with van der Waals surface area (Å²) in [5.41, 5.74) is 3.22. The highest BCUT2D eigenvalue weighted by atomic mass is 32.1. The summed E-state index contributed by atoms with van der Waals surface area (Å²) in [5.74, 6) is -0.191. The fraction of sp³-hybridized carbons (Fsp3) is 0.300. The Morgan fingerprint density at radius 2 is 1.89 bits per heavy atom. The number of halogens is 1. The number of aromatic nitrogens is 2. The van der Waals surface area contributed by atoms with Crippen LogP contribution in [-0.4, -0.2) is 46.5 Å². The number of rotatable bonds is 3. The van der Waals surface area contributed by atoms with Gasteiger partial charge in [0.05, 0.1) is 11.3 Å². The molecular formula is C20H21FN4OS. The molecular weight excluding hydrogens is 363 g/mol. The molecule has 1 aromatic carbocycles. The van der Waals surface area contributed by atoms with E-state index in [-0.39, 0.29) is 11.7 Å². The molecule has 0 unspecified atom stereocenters. The first-order chi connectivity index (χ1) is 13.1. The number of piperazine rings is 1. The van der Waals surface area contributed by atoms with E-state index < -0.39 is 0 Å². The second kappa shape index (κ2) is 7.15. The van der Waals surface area contributed by atoms with Crippen LogP contribution in [0.25, 0.3) is 5.13 Å². The van der Waals surface area contributed by atoms with Crippen molar-refractivity contribution in [1.29, 1.82) is 0 Å². The summed E-state index contributed by atoms with van der Waals surface area (Å²) in [4.78, 5) is 21.3. The van der Waals surface area contributed by atoms with Crippen LogP contribution >= 0.6 is 11.3 Å². The second-order valence-corrected chi connectivity index (χ2v) is 7.54. The Hall–Kier alpha value is -2.67. The minimum absolute atomic E-state index is 0.0269. The predicted octanol–water partition coefficient (Wildman–Crippen LogP) is 3.65. The van der Waals surface area contributed by atoms with Crippen molar-refractivity contribution in [2.75, 3.05) is 31.1 Å². The van der Waals surface area contributed by atoms with E-state index in [2.05, 4.69) is 4.98 Å². The summed E-state index contributed by atoms with van der Waals surface area (Å²) in [6.07, 6.45) is 1.77. The highest BCUT2D eigenvalue weighted by Gasteiger charge is 2.26. The quantitative estimate of drug-likeness (QED) is 0.692. The molecule has 1 aliphatic heterocycles. The number of carbonyl (C=O) groups excluding carboxylic acids is 1. The summed E-state index contributed by atoms with van der Waals surface area (Å²) < 4.78 is 16.0. The molecule has 0 atom stereocenters. The highest BCUT2D eigenvalue weighted by Crippen LogP contribution is 2.25. The molecule has 0 spiro atoms. The lowest BCUT2D eigenvalue weighted by atomic mass is 10.2. The molecule has 1 amide bonds. The topological polar surface area (TPSA) is 41.4 Å². The summed E-state index contributed by atoms with van der Waals surface area (Å²) >= 11 is 1.55. The monoisotopic (exact) mass is 384 g/mol. The van der Waals surface area contributed by atoms with Gasteiger partial charge in [0.25, 0.3) is 5.91 Å². The van der Waals surface area contributed by atoms with Crippen molar-refractivity contribution in [3.05, 3.63) is 64.7 Å². The van der Waals surface area contributed by atoms with Gasteiger partial charge in [0.1, 0.15) is 5.82 Å². The number of benzene rings is 1. The van der Waals surface area contributed by atoms with Crippen molar-refractivity contribution in [1.82, 2.24) is 14.5 Å². The van der Waals surface area contributed by atoms with Gasteiger partial charge in [-0.2, -0.15) is 0 Å². The van der Waals surface area contributed by atoms with Crippen molar-refractivity contribution in [2.24, 2.45) is 0 Å². The van der Waals surface area contributed by atoms with Gasteiger partial charge in [0.2, 0.25) is 0 Å². The van der Waals surface area contributed by atoms with Crippen LogP contribution in [0.3, 0.4) is 0 Å². The lowest BCUT2D eigenvalue weighted by molar-refractivity contribution is 0.0746. The molecule has 0 aliphatic carbocycles. The Labute approximate surface area is 161 Å². The van der Waals surface area contributed by atoms with Crippen LogP contribution < -0.4 is 4.90 Å². The Kier molecular flexibility index (Phi) is 4.70. The Balaban J connectivity index is 1.51. The number of anilines is 1. The van der Waals surface area contributed by atoms with Gasteiger partial charge in [0.15, 0.2) is 5.13 Å². The lowest BCUT2D eigenvalue weighted by Crippen LogP contribution is -2.49. The van der Waals surface area contributed by atoms with Crippen molar-refractivity contribution < 1.29 is 9.18 Å². The number of nitrogens with zero attached hydrogens (tertiary/aromatic N) is 4. The zero-order chi connectivity index (χ0) is 19.0. The molecule has 5 nitrogen and oxygen atoms in total. The van der Waals surface area contributed by atoms with Crippen molar-refractivity contribution in [3.8, 4) is 5.13 Å². The molecule has 4 rings (SSSR count). The van der Waals surface area contributed by atoms with E-state index in [4.69, 9.17) is 0 Å². The van der Waals surface area contributed by atoms with Gasteiger partial charge in [-0.1, -0.05) is 12.1 Å². The van der Waals surface area contributed by atoms with Crippen LogP contribution in [0, 0.1) is 19.7 Å². The first-order valence-corrected chi connectivity index (χ1v) is 9.82. The number of thiazole rings is 1. The van der Waals surface area contributed by atoms with Gasteiger partial charge >= 0.3 is 0 Å².